The predicted molar refractivity (Wildman–Crippen MR) is 130 cm³/mol. The van der Waals surface area contributed by atoms with Crippen molar-refractivity contribution >= 4 is 33.3 Å². The van der Waals surface area contributed by atoms with Gasteiger partial charge in [-0.15, -0.1) is 11.3 Å². The van der Waals surface area contributed by atoms with E-state index in [9.17, 15) is 23.4 Å². The highest BCUT2D eigenvalue weighted by Gasteiger charge is 2.42. The van der Waals surface area contributed by atoms with Gasteiger partial charge in [-0.2, -0.15) is 18.2 Å². The molecule has 36 heavy (non-hydrogen) atoms. The van der Waals surface area contributed by atoms with E-state index in [2.05, 4.69) is 35.6 Å². The fourth-order valence-electron chi connectivity index (χ4n) is 4.47. The average Bonchev–Trinajstić information content (AvgIpc) is 3.54. The van der Waals surface area contributed by atoms with E-state index in [-0.39, 0.29) is 17.7 Å². The number of rotatable bonds is 7. The van der Waals surface area contributed by atoms with Crippen LogP contribution in [0.15, 0.2) is 36.7 Å². The molecule has 190 valence electrons. The number of hydrogen-bond donors (Lipinski definition) is 5. The Morgan fingerprint density at radius 3 is 2.67 bits per heavy atom. The molecule has 1 aliphatic carbocycles. The molecule has 9 nitrogen and oxygen atoms in total. The summed E-state index contributed by atoms with van der Waals surface area (Å²) in [6.07, 6.45) is -2.43. The van der Waals surface area contributed by atoms with Crippen LogP contribution in [0.3, 0.4) is 0 Å². The summed E-state index contributed by atoms with van der Waals surface area (Å²) in [5.74, 6) is 0.456. The second kappa shape index (κ2) is 9.64. The lowest BCUT2D eigenvalue weighted by Gasteiger charge is -2.21. The number of aliphatic hydroxyl groups is 2. The van der Waals surface area contributed by atoms with Crippen molar-refractivity contribution in [3.8, 4) is 10.6 Å². The van der Waals surface area contributed by atoms with Crippen molar-refractivity contribution in [1.82, 2.24) is 24.9 Å². The predicted octanol–water partition coefficient (Wildman–Crippen LogP) is 3.52. The van der Waals surface area contributed by atoms with Crippen molar-refractivity contribution in [3.63, 3.8) is 0 Å². The Balaban J connectivity index is 1.48. The van der Waals surface area contributed by atoms with E-state index < -0.39 is 31.0 Å². The van der Waals surface area contributed by atoms with Crippen LogP contribution in [0.4, 0.5) is 24.9 Å². The Morgan fingerprint density at radius 2 is 1.94 bits per heavy atom. The first kappa shape index (κ1) is 24.4. The second-order valence-electron chi connectivity index (χ2n) is 8.78. The maximum Gasteiger partial charge on any atom is 0.405 e. The van der Waals surface area contributed by atoms with Gasteiger partial charge in [0.05, 0.1) is 33.6 Å². The molecule has 0 spiro atoms. The molecule has 0 aliphatic heterocycles. The molecule has 3 aromatic heterocycles. The fourth-order valence-corrected chi connectivity index (χ4v) is 5.54. The molecule has 3 heterocycles. The van der Waals surface area contributed by atoms with E-state index in [1.54, 1.807) is 19.3 Å². The smallest absolute Gasteiger partial charge is 0.390 e. The maximum absolute atomic E-state index is 12.8. The standard InChI is InChI=1S/C23H24F3N7O2S/c1-11-17(21-32-13-4-2-3-5-15(13)36-21)20(33-22(30-11)29-10-23(24,25)26)31-14-8-12(18(34)19(14)35)9-16-27-6-7-28-16/h2-7,12,14,18-19,34-35H,8-10H2,1H3,(H,27,28)(H2,29,30,31,33). The minimum atomic E-state index is -4.44. The van der Waals surface area contributed by atoms with Crippen LogP contribution < -0.4 is 10.6 Å². The summed E-state index contributed by atoms with van der Waals surface area (Å²) in [7, 11) is 0. The summed E-state index contributed by atoms with van der Waals surface area (Å²) in [4.78, 5) is 20.4. The van der Waals surface area contributed by atoms with Crippen molar-refractivity contribution < 1.29 is 23.4 Å². The van der Waals surface area contributed by atoms with E-state index >= 15 is 0 Å². The largest absolute Gasteiger partial charge is 0.405 e. The zero-order valence-electron chi connectivity index (χ0n) is 19.1. The minimum absolute atomic E-state index is 0.197. The van der Waals surface area contributed by atoms with E-state index in [1.165, 1.54) is 11.3 Å². The number of imidazole rings is 1. The van der Waals surface area contributed by atoms with Crippen LogP contribution in [0.5, 0.6) is 0 Å². The van der Waals surface area contributed by atoms with Gasteiger partial charge in [0.2, 0.25) is 5.95 Å². The lowest BCUT2D eigenvalue weighted by atomic mass is 10.0. The summed E-state index contributed by atoms with van der Waals surface area (Å²) in [5, 5.41) is 27.4. The van der Waals surface area contributed by atoms with E-state index in [0.717, 1.165) is 10.2 Å². The zero-order chi connectivity index (χ0) is 25.4. The third-order valence-corrected chi connectivity index (χ3v) is 7.23. The molecule has 0 saturated heterocycles. The first-order valence-corrected chi connectivity index (χ1v) is 12.2. The Morgan fingerprint density at radius 1 is 1.14 bits per heavy atom. The topological polar surface area (TPSA) is 132 Å². The van der Waals surface area contributed by atoms with Crippen LogP contribution in [0.2, 0.25) is 0 Å². The number of anilines is 2. The van der Waals surface area contributed by atoms with Crippen LogP contribution in [0.1, 0.15) is 17.9 Å². The zero-order valence-corrected chi connectivity index (χ0v) is 19.9. The van der Waals surface area contributed by atoms with Crippen molar-refractivity contribution in [2.45, 2.75) is 44.2 Å². The summed E-state index contributed by atoms with van der Waals surface area (Å²) in [6, 6.07) is 6.96. The van der Waals surface area contributed by atoms with Gasteiger partial charge in [-0.3, -0.25) is 0 Å². The fraction of sp³-hybridized carbons (Fsp3) is 0.391. The highest BCUT2D eigenvalue weighted by atomic mass is 32.1. The number of benzene rings is 1. The SMILES string of the molecule is Cc1nc(NCC(F)(F)F)nc(NC2CC(Cc3ncc[nH]3)C(O)C2O)c1-c1nc2ccccc2s1. The van der Waals surface area contributed by atoms with E-state index in [4.69, 9.17) is 0 Å². The number of fused-ring (bicyclic) bond motifs is 1. The minimum Gasteiger partial charge on any atom is -0.390 e. The number of aryl methyl sites for hydroxylation is 1. The molecule has 5 rings (SSSR count). The molecule has 1 fully saturated rings. The number of aliphatic hydroxyl groups excluding tert-OH is 2. The molecule has 1 aliphatic rings. The van der Waals surface area contributed by atoms with Gasteiger partial charge in [0, 0.05) is 18.8 Å². The van der Waals surface area contributed by atoms with Gasteiger partial charge in [-0.25, -0.2) is 15.0 Å². The number of halogens is 3. The molecule has 4 atom stereocenters. The van der Waals surface area contributed by atoms with Crippen LogP contribution in [0, 0.1) is 12.8 Å². The number of nitrogens with zero attached hydrogens (tertiary/aromatic N) is 4. The monoisotopic (exact) mass is 519 g/mol. The first-order valence-electron chi connectivity index (χ1n) is 11.3. The van der Waals surface area contributed by atoms with Crippen LogP contribution in [-0.2, 0) is 6.42 Å². The number of para-hydroxylation sites is 1. The van der Waals surface area contributed by atoms with Gasteiger partial charge in [0.15, 0.2) is 0 Å². The average molecular weight is 520 g/mol. The Kier molecular flexibility index (Phi) is 6.53. The van der Waals surface area contributed by atoms with Gasteiger partial charge in [-0.1, -0.05) is 12.1 Å². The highest BCUT2D eigenvalue weighted by Crippen LogP contribution is 2.38. The molecule has 0 amide bonds. The molecule has 1 aromatic carbocycles. The molecule has 0 radical (unpaired) electrons. The van der Waals surface area contributed by atoms with Crippen molar-refractivity contribution in [2.24, 2.45) is 5.92 Å². The Labute approximate surface area is 207 Å². The number of aromatic nitrogens is 5. The summed E-state index contributed by atoms with van der Waals surface area (Å²) < 4.78 is 39.4. The number of aromatic amines is 1. The number of nitrogens with one attached hydrogen (secondary N) is 3. The normalized spacial score (nSPS) is 22.3. The summed E-state index contributed by atoms with van der Waals surface area (Å²) >= 11 is 1.41. The second-order valence-corrected chi connectivity index (χ2v) is 9.81. The lowest BCUT2D eigenvalue weighted by molar-refractivity contribution is -0.115. The van der Waals surface area contributed by atoms with Gasteiger partial charge < -0.3 is 25.8 Å². The summed E-state index contributed by atoms with van der Waals surface area (Å²) in [6.45, 7) is 0.384. The van der Waals surface area contributed by atoms with Crippen LogP contribution in [0.25, 0.3) is 20.8 Å². The maximum atomic E-state index is 12.8. The lowest BCUT2D eigenvalue weighted by Crippen LogP contribution is -2.35. The van der Waals surface area contributed by atoms with Gasteiger partial charge in [0.25, 0.3) is 0 Å². The molecule has 1 saturated carbocycles. The Bertz CT molecular complexity index is 1310. The highest BCUT2D eigenvalue weighted by molar-refractivity contribution is 7.21. The first-order chi connectivity index (χ1) is 17.2. The number of H-pyrrole nitrogens is 1. The molecular weight excluding hydrogens is 495 g/mol. The van der Waals surface area contributed by atoms with Gasteiger partial charge in [0.1, 0.15) is 29.3 Å². The Hall–Kier alpha value is -3.29. The molecule has 4 aromatic rings. The molecule has 0 bridgehead atoms. The van der Waals surface area contributed by atoms with Gasteiger partial charge in [-0.05, 0) is 31.4 Å². The van der Waals surface area contributed by atoms with Gasteiger partial charge >= 0.3 is 6.18 Å². The van der Waals surface area contributed by atoms with Crippen molar-refractivity contribution in [2.75, 3.05) is 17.2 Å². The number of alkyl halides is 3. The number of hydrogen-bond acceptors (Lipinski definition) is 9. The van der Waals surface area contributed by atoms with Crippen molar-refractivity contribution in [1.29, 1.82) is 0 Å². The molecular formula is C23H24F3N7O2S. The number of thiazole rings is 1. The van der Waals surface area contributed by atoms with Crippen LogP contribution >= 0.6 is 11.3 Å². The summed E-state index contributed by atoms with van der Waals surface area (Å²) in [5.41, 5.74) is 1.73. The molecule has 5 N–H and O–H groups in total. The quantitative estimate of drug-likeness (QED) is 0.251. The van der Waals surface area contributed by atoms with E-state index in [0.29, 0.717) is 34.9 Å². The van der Waals surface area contributed by atoms with E-state index in [1.807, 2.05) is 24.3 Å². The molecule has 13 heteroatoms. The third-order valence-electron chi connectivity index (χ3n) is 6.18. The molecule has 4 unspecified atom stereocenters. The van der Waals surface area contributed by atoms with Crippen LogP contribution in [-0.4, -0.2) is 66.1 Å². The third kappa shape index (κ3) is 5.13. The van der Waals surface area contributed by atoms with Crippen molar-refractivity contribution in [3.05, 3.63) is 48.2 Å².